The molecular weight excluding hydrogens is 212 g/mol. The van der Waals surface area contributed by atoms with Crippen molar-refractivity contribution in [1.29, 1.82) is 0 Å². The second kappa shape index (κ2) is 8.57. The zero-order valence-electron chi connectivity index (χ0n) is 11.0. The summed E-state index contributed by atoms with van der Waals surface area (Å²) in [5.74, 6) is 0.919. The van der Waals surface area contributed by atoms with E-state index in [-0.39, 0.29) is 17.8 Å². The first-order chi connectivity index (χ1) is 8.01. The summed E-state index contributed by atoms with van der Waals surface area (Å²) in [6.07, 6.45) is 9.53. The number of ether oxygens (including phenoxy) is 1. The van der Waals surface area contributed by atoms with E-state index < -0.39 is 0 Å². The van der Waals surface area contributed by atoms with Gasteiger partial charge in [0.05, 0.1) is 6.10 Å². The Morgan fingerprint density at radius 3 is 2.41 bits per heavy atom. The Bertz CT molecular complexity index is 324. The lowest BCUT2D eigenvalue weighted by Crippen LogP contribution is -2.16. The van der Waals surface area contributed by atoms with Crippen LogP contribution in [0.4, 0.5) is 0 Å². The zero-order chi connectivity index (χ0) is 13.3. The van der Waals surface area contributed by atoms with Crippen molar-refractivity contribution in [3.05, 3.63) is 49.3 Å². The molecule has 2 heteroatoms. The fraction of sp³-hybridized carbons (Fsp3) is 0.400. The van der Waals surface area contributed by atoms with Crippen LogP contribution in [0.1, 0.15) is 27.2 Å². The third-order valence-electron chi connectivity index (χ3n) is 2.43. The van der Waals surface area contributed by atoms with Gasteiger partial charge in [-0.3, -0.25) is 4.79 Å². The fourth-order valence-corrected chi connectivity index (χ4v) is 1.33. The highest BCUT2D eigenvalue weighted by Gasteiger charge is 2.13. The highest BCUT2D eigenvalue weighted by atomic mass is 16.5. The smallest absolute Gasteiger partial charge is 0.132 e. The Morgan fingerprint density at radius 2 is 1.94 bits per heavy atom. The largest absolute Gasteiger partial charge is 0.491 e. The molecule has 0 aliphatic rings. The predicted molar refractivity (Wildman–Crippen MR) is 72.6 cm³/mol. The molecule has 94 valence electrons. The Kier molecular flexibility index (Phi) is 7.78. The summed E-state index contributed by atoms with van der Waals surface area (Å²) in [5, 5.41) is 0. The van der Waals surface area contributed by atoms with Crippen LogP contribution in [0.15, 0.2) is 49.3 Å². The molecule has 0 amide bonds. The lowest BCUT2D eigenvalue weighted by Gasteiger charge is -2.17. The summed E-state index contributed by atoms with van der Waals surface area (Å²) in [4.78, 5) is 11.1. The SMILES string of the molecule is C=C/C=C\C=C(/C=C)OC(C)CC(C)C(C)=O. The Balaban J connectivity index is 4.33. The van der Waals surface area contributed by atoms with E-state index in [9.17, 15) is 4.79 Å². The van der Waals surface area contributed by atoms with Crippen LogP contribution >= 0.6 is 0 Å². The molecule has 17 heavy (non-hydrogen) atoms. The Hall–Kier alpha value is -1.57. The van der Waals surface area contributed by atoms with E-state index in [0.29, 0.717) is 12.2 Å². The minimum atomic E-state index is -0.00437. The molecule has 0 aromatic rings. The topological polar surface area (TPSA) is 26.3 Å². The average molecular weight is 234 g/mol. The molecule has 0 spiro atoms. The van der Waals surface area contributed by atoms with Crippen molar-refractivity contribution in [3.63, 3.8) is 0 Å². The molecule has 0 heterocycles. The Morgan fingerprint density at radius 1 is 1.29 bits per heavy atom. The van der Waals surface area contributed by atoms with Gasteiger partial charge in [0, 0.05) is 5.92 Å². The molecule has 0 rings (SSSR count). The molecule has 0 radical (unpaired) electrons. The van der Waals surface area contributed by atoms with Crippen molar-refractivity contribution >= 4 is 5.78 Å². The number of hydrogen-bond acceptors (Lipinski definition) is 2. The number of Topliss-reactive ketones (excluding diaryl/α,β-unsaturated/α-hetero) is 1. The van der Waals surface area contributed by atoms with Crippen molar-refractivity contribution in [2.24, 2.45) is 5.92 Å². The van der Waals surface area contributed by atoms with Gasteiger partial charge in [-0.1, -0.05) is 38.3 Å². The van der Waals surface area contributed by atoms with Crippen LogP contribution in [0.2, 0.25) is 0 Å². The summed E-state index contributed by atoms with van der Waals surface area (Å²) in [5.41, 5.74) is 0. The molecule has 0 aromatic carbocycles. The molecular formula is C15H22O2. The molecule has 2 unspecified atom stereocenters. The summed E-state index contributed by atoms with van der Waals surface area (Å²) < 4.78 is 5.67. The van der Waals surface area contributed by atoms with Gasteiger partial charge in [0.15, 0.2) is 0 Å². The average Bonchev–Trinajstić information content (AvgIpc) is 2.27. The minimum Gasteiger partial charge on any atom is -0.491 e. The van der Waals surface area contributed by atoms with Crippen LogP contribution in [0.3, 0.4) is 0 Å². The van der Waals surface area contributed by atoms with Gasteiger partial charge in [0.25, 0.3) is 0 Å². The van der Waals surface area contributed by atoms with Gasteiger partial charge in [-0.25, -0.2) is 0 Å². The molecule has 0 saturated carbocycles. The van der Waals surface area contributed by atoms with Crippen LogP contribution < -0.4 is 0 Å². The first kappa shape index (κ1) is 15.4. The number of hydrogen-bond donors (Lipinski definition) is 0. The van der Waals surface area contributed by atoms with E-state index in [1.807, 2.05) is 32.1 Å². The number of carbonyl (C=O) groups excluding carboxylic acids is 1. The van der Waals surface area contributed by atoms with Crippen molar-refractivity contribution in [2.45, 2.75) is 33.3 Å². The fourth-order valence-electron chi connectivity index (χ4n) is 1.33. The van der Waals surface area contributed by atoms with Gasteiger partial charge in [-0.05, 0) is 32.4 Å². The maximum atomic E-state index is 11.1. The highest BCUT2D eigenvalue weighted by molar-refractivity contribution is 5.77. The van der Waals surface area contributed by atoms with Crippen LogP contribution in [0.25, 0.3) is 0 Å². The second-order valence-corrected chi connectivity index (χ2v) is 4.07. The number of allylic oxidation sites excluding steroid dienone is 5. The highest BCUT2D eigenvalue weighted by Crippen LogP contribution is 2.13. The van der Waals surface area contributed by atoms with Gasteiger partial charge in [-0.2, -0.15) is 0 Å². The lowest BCUT2D eigenvalue weighted by molar-refractivity contribution is -0.121. The third kappa shape index (κ3) is 7.34. The van der Waals surface area contributed by atoms with Crippen molar-refractivity contribution < 1.29 is 9.53 Å². The van der Waals surface area contributed by atoms with Gasteiger partial charge in [-0.15, -0.1) is 0 Å². The molecule has 0 saturated heterocycles. The number of ketones is 1. The van der Waals surface area contributed by atoms with E-state index in [4.69, 9.17) is 4.74 Å². The second-order valence-electron chi connectivity index (χ2n) is 4.07. The first-order valence-corrected chi connectivity index (χ1v) is 5.80. The molecule has 0 N–H and O–H groups in total. The monoisotopic (exact) mass is 234 g/mol. The van der Waals surface area contributed by atoms with Crippen LogP contribution in [0, 0.1) is 5.92 Å². The van der Waals surface area contributed by atoms with E-state index in [1.165, 1.54) is 0 Å². The minimum absolute atomic E-state index is 0.00437. The summed E-state index contributed by atoms with van der Waals surface area (Å²) in [6.45, 7) is 12.7. The van der Waals surface area contributed by atoms with Gasteiger partial charge >= 0.3 is 0 Å². The first-order valence-electron chi connectivity index (χ1n) is 5.80. The normalized spacial score (nSPS) is 15.4. The van der Waals surface area contributed by atoms with Gasteiger partial charge in [0.1, 0.15) is 11.5 Å². The molecule has 0 aliphatic carbocycles. The molecule has 0 aliphatic heterocycles. The van der Waals surface area contributed by atoms with E-state index in [2.05, 4.69) is 13.2 Å². The molecule has 0 aromatic heterocycles. The molecule has 0 fully saturated rings. The van der Waals surface area contributed by atoms with Crippen LogP contribution in [0.5, 0.6) is 0 Å². The zero-order valence-corrected chi connectivity index (χ0v) is 11.0. The van der Waals surface area contributed by atoms with Gasteiger partial charge in [0.2, 0.25) is 0 Å². The summed E-state index contributed by atoms with van der Waals surface area (Å²) >= 11 is 0. The molecule has 2 nitrogen and oxygen atoms in total. The molecule has 0 bridgehead atoms. The van der Waals surface area contributed by atoms with E-state index in [1.54, 1.807) is 19.1 Å². The van der Waals surface area contributed by atoms with Crippen molar-refractivity contribution in [1.82, 2.24) is 0 Å². The quantitative estimate of drug-likeness (QED) is 0.471. The molecule has 2 atom stereocenters. The summed E-state index contributed by atoms with van der Waals surface area (Å²) in [7, 11) is 0. The third-order valence-corrected chi connectivity index (χ3v) is 2.43. The van der Waals surface area contributed by atoms with Crippen molar-refractivity contribution in [2.75, 3.05) is 0 Å². The van der Waals surface area contributed by atoms with Gasteiger partial charge < -0.3 is 4.74 Å². The maximum Gasteiger partial charge on any atom is 0.132 e. The maximum absolute atomic E-state index is 11.1. The van der Waals surface area contributed by atoms with Crippen LogP contribution in [-0.4, -0.2) is 11.9 Å². The van der Waals surface area contributed by atoms with Crippen LogP contribution in [-0.2, 0) is 9.53 Å². The van der Waals surface area contributed by atoms with E-state index in [0.717, 1.165) is 0 Å². The predicted octanol–water partition coefficient (Wildman–Crippen LogP) is 3.82. The van der Waals surface area contributed by atoms with E-state index >= 15 is 0 Å². The summed E-state index contributed by atoms with van der Waals surface area (Å²) in [6, 6.07) is 0. The van der Waals surface area contributed by atoms with Crippen molar-refractivity contribution in [3.8, 4) is 0 Å². The number of carbonyl (C=O) groups is 1. The Labute approximate surface area is 104 Å². The number of rotatable bonds is 8. The standard InChI is InChI=1S/C15H22O2/c1-6-8-9-10-15(7-2)17-13(4)11-12(3)14(5)16/h6-10,12-13H,1-2,11H2,3-5H3/b9-8-,15-10+. The lowest BCUT2D eigenvalue weighted by atomic mass is 10.0.